The van der Waals surface area contributed by atoms with Crippen LogP contribution in [0.5, 0.6) is 0 Å². The zero-order valence-electron chi connectivity index (χ0n) is 16.0. The number of hydrogen-bond donors (Lipinski definition) is 1. The molecular weight excluding hydrogens is 403 g/mol. The summed E-state index contributed by atoms with van der Waals surface area (Å²) in [6.45, 7) is 4.02. The SMILES string of the molecule is Cc1cc(C)c2nc(-c3ccccc3)cc(C(=O)Nc3ccc(Cl)cc3Cl)c2c1. The fourth-order valence-electron chi connectivity index (χ4n) is 3.41. The zero-order valence-corrected chi connectivity index (χ0v) is 17.5. The summed E-state index contributed by atoms with van der Waals surface area (Å²) in [5.74, 6) is -0.246. The Kier molecular flexibility index (Phi) is 5.27. The van der Waals surface area contributed by atoms with Crippen LogP contribution in [0, 0.1) is 13.8 Å². The van der Waals surface area contributed by atoms with Crippen LogP contribution in [0.3, 0.4) is 0 Å². The highest BCUT2D eigenvalue weighted by atomic mass is 35.5. The van der Waals surface area contributed by atoms with Gasteiger partial charge in [0.15, 0.2) is 0 Å². The second kappa shape index (κ2) is 7.86. The van der Waals surface area contributed by atoms with Gasteiger partial charge in [-0.3, -0.25) is 4.79 Å². The number of amides is 1. The lowest BCUT2D eigenvalue weighted by atomic mass is 9.99. The van der Waals surface area contributed by atoms with Crippen molar-refractivity contribution in [2.75, 3.05) is 5.32 Å². The van der Waals surface area contributed by atoms with Gasteiger partial charge in [0, 0.05) is 16.0 Å². The summed E-state index contributed by atoms with van der Waals surface area (Å²) in [7, 11) is 0. The highest BCUT2D eigenvalue weighted by Crippen LogP contribution is 2.30. The fraction of sp³-hybridized carbons (Fsp3) is 0.0833. The van der Waals surface area contributed by atoms with Crippen molar-refractivity contribution in [2.45, 2.75) is 13.8 Å². The van der Waals surface area contributed by atoms with E-state index in [0.717, 1.165) is 33.3 Å². The standard InChI is InChI=1S/C24H18Cl2N2O/c1-14-10-15(2)23-18(11-14)19(13-22(27-23)16-6-4-3-5-7-16)24(29)28-21-9-8-17(25)12-20(21)26/h3-13H,1-2H3,(H,28,29). The number of aryl methyl sites for hydroxylation is 2. The van der Waals surface area contributed by atoms with E-state index >= 15 is 0 Å². The fourth-order valence-corrected chi connectivity index (χ4v) is 3.86. The van der Waals surface area contributed by atoms with E-state index < -0.39 is 0 Å². The van der Waals surface area contributed by atoms with E-state index in [9.17, 15) is 4.79 Å². The summed E-state index contributed by atoms with van der Waals surface area (Å²) in [6, 6.07) is 20.7. The van der Waals surface area contributed by atoms with Crippen LogP contribution < -0.4 is 5.32 Å². The van der Waals surface area contributed by atoms with E-state index in [0.29, 0.717) is 21.3 Å². The molecule has 4 rings (SSSR count). The molecule has 0 spiro atoms. The van der Waals surface area contributed by atoms with Crippen molar-refractivity contribution >= 4 is 45.7 Å². The molecule has 0 aliphatic heterocycles. The van der Waals surface area contributed by atoms with Crippen molar-refractivity contribution in [3.63, 3.8) is 0 Å². The van der Waals surface area contributed by atoms with Crippen molar-refractivity contribution in [3.05, 3.63) is 93.5 Å². The Morgan fingerprint density at radius 2 is 1.69 bits per heavy atom. The minimum Gasteiger partial charge on any atom is -0.321 e. The van der Waals surface area contributed by atoms with Gasteiger partial charge in [0.2, 0.25) is 0 Å². The van der Waals surface area contributed by atoms with Crippen molar-refractivity contribution < 1.29 is 4.79 Å². The number of hydrogen-bond acceptors (Lipinski definition) is 2. The number of nitrogens with zero attached hydrogens (tertiary/aromatic N) is 1. The predicted molar refractivity (Wildman–Crippen MR) is 121 cm³/mol. The molecule has 5 heteroatoms. The van der Waals surface area contributed by atoms with E-state index in [-0.39, 0.29) is 5.91 Å². The Morgan fingerprint density at radius 3 is 2.41 bits per heavy atom. The monoisotopic (exact) mass is 420 g/mol. The average Bonchev–Trinajstić information content (AvgIpc) is 2.70. The Balaban J connectivity index is 1.88. The molecule has 0 bridgehead atoms. The number of halogens is 2. The van der Waals surface area contributed by atoms with Crippen LogP contribution in [-0.4, -0.2) is 10.9 Å². The van der Waals surface area contributed by atoms with Crippen LogP contribution in [0.1, 0.15) is 21.5 Å². The molecule has 3 aromatic carbocycles. The van der Waals surface area contributed by atoms with Crippen LogP contribution in [-0.2, 0) is 0 Å². The van der Waals surface area contributed by atoms with Crippen molar-refractivity contribution in [3.8, 4) is 11.3 Å². The molecule has 1 heterocycles. The number of carbonyl (C=O) groups excluding carboxylic acids is 1. The normalized spacial score (nSPS) is 10.9. The Hall–Kier alpha value is -2.88. The maximum Gasteiger partial charge on any atom is 0.256 e. The van der Waals surface area contributed by atoms with Crippen molar-refractivity contribution in [2.24, 2.45) is 0 Å². The van der Waals surface area contributed by atoms with Crippen LogP contribution in [0.2, 0.25) is 10.0 Å². The summed E-state index contributed by atoms with van der Waals surface area (Å²) in [6.07, 6.45) is 0. The van der Waals surface area contributed by atoms with Gasteiger partial charge < -0.3 is 5.32 Å². The zero-order chi connectivity index (χ0) is 20.5. The molecule has 0 fully saturated rings. The molecule has 1 N–H and O–H groups in total. The maximum atomic E-state index is 13.2. The Labute approximate surface area is 179 Å². The summed E-state index contributed by atoms with van der Waals surface area (Å²) in [5.41, 5.74) is 5.66. The molecule has 0 saturated carbocycles. The smallest absolute Gasteiger partial charge is 0.256 e. The van der Waals surface area contributed by atoms with Crippen molar-refractivity contribution in [1.29, 1.82) is 0 Å². The predicted octanol–water partition coefficient (Wildman–Crippen LogP) is 7.08. The molecule has 0 aliphatic carbocycles. The molecule has 0 atom stereocenters. The maximum absolute atomic E-state index is 13.2. The van der Waals surface area contributed by atoms with Crippen LogP contribution in [0.4, 0.5) is 5.69 Å². The minimum absolute atomic E-state index is 0.246. The molecule has 0 saturated heterocycles. The van der Waals surface area contributed by atoms with Gasteiger partial charge in [0.05, 0.1) is 27.5 Å². The summed E-state index contributed by atoms with van der Waals surface area (Å²) >= 11 is 12.2. The highest BCUT2D eigenvalue weighted by molar-refractivity contribution is 6.37. The molecule has 29 heavy (non-hydrogen) atoms. The molecule has 144 valence electrons. The number of anilines is 1. The molecule has 4 aromatic rings. The first-order chi connectivity index (χ1) is 13.9. The first-order valence-corrected chi connectivity index (χ1v) is 9.92. The second-order valence-electron chi connectivity index (χ2n) is 6.98. The number of carbonyl (C=O) groups is 1. The number of pyridine rings is 1. The van der Waals surface area contributed by atoms with Gasteiger partial charge in [-0.25, -0.2) is 4.98 Å². The first-order valence-electron chi connectivity index (χ1n) is 9.16. The number of aromatic nitrogens is 1. The number of benzene rings is 3. The van der Waals surface area contributed by atoms with Gasteiger partial charge in [-0.1, -0.05) is 65.2 Å². The van der Waals surface area contributed by atoms with Crippen molar-refractivity contribution in [1.82, 2.24) is 4.98 Å². The molecule has 0 aliphatic rings. The molecular formula is C24H18Cl2N2O. The third kappa shape index (κ3) is 3.98. The Morgan fingerprint density at radius 1 is 0.931 bits per heavy atom. The van der Waals surface area contributed by atoms with Gasteiger partial charge in [0.1, 0.15) is 0 Å². The van der Waals surface area contributed by atoms with Crippen LogP contribution in [0.15, 0.2) is 66.7 Å². The lowest BCUT2D eigenvalue weighted by molar-refractivity contribution is 0.102. The molecule has 0 unspecified atom stereocenters. The van der Waals surface area contributed by atoms with Crippen LogP contribution in [0.25, 0.3) is 22.2 Å². The Bertz CT molecular complexity index is 1240. The van der Waals surface area contributed by atoms with Gasteiger partial charge in [0.25, 0.3) is 5.91 Å². The van der Waals surface area contributed by atoms with Gasteiger partial charge in [-0.2, -0.15) is 0 Å². The van der Waals surface area contributed by atoms with Gasteiger partial charge in [-0.05, 0) is 49.7 Å². The molecule has 0 radical (unpaired) electrons. The van der Waals surface area contributed by atoms with Gasteiger partial charge >= 0.3 is 0 Å². The van der Waals surface area contributed by atoms with E-state index in [4.69, 9.17) is 28.2 Å². The number of fused-ring (bicyclic) bond motifs is 1. The van der Waals surface area contributed by atoms with Crippen LogP contribution >= 0.6 is 23.2 Å². The second-order valence-corrected chi connectivity index (χ2v) is 7.82. The molecule has 3 nitrogen and oxygen atoms in total. The van der Waals surface area contributed by atoms with E-state index in [1.165, 1.54) is 0 Å². The largest absolute Gasteiger partial charge is 0.321 e. The number of nitrogens with one attached hydrogen (secondary N) is 1. The average molecular weight is 421 g/mol. The summed E-state index contributed by atoms with van der Waals surface area (Å²) in [4.78, 5) is 18.1. The van der Waals surface area contributed by atoms with E-state index in [1.807, 2.05) is 56.3 Å². The molecule has 1 aromatic heterocycles. The lowest BCUT2D eigenvalue weighted by Gasteiger charge is -2.13. The van der Waals surface area contributed by atoms with E-state index in [1.54, 1.807) is 18.2 Å². The quantitative estimate of drug-likeness (QED) is 0.384. The summed E-state index contributed by atoms with van der Waals surface area (Å²) < 4.78 is 0. The third-order valence-electron chi connectivity index (χ3n) is 4.74. The topological polar surface area (TPSA) is 42.0 Å². The number of rotatable bonds is 3. The molecule has 1 amide bonds. The highest BCUT2D eigenvalue weighted by Gasteiger charge is 2.17. The summed E-state index contributed by atoms with van der Waals surface area (Å²) in [5, 5.41) is 4.62. The lowest BCUT2D eigenvalue weighted by Crippen LogP contribution is -2.13. The first kappa shape index (κ1) is 19.4. The third-order valence-corrected chi connectivity index (χ3v) is 5.29. The van der Waals surface area contributed by atoms with E-state index in [2.05, 4.69) is 11.4 Å². The minimum atomic E-state index is -0.246. The van der Waals surface area contributed by atoms with Gasteiger partial charge in [-0.15, -0.1) is 0 Å².